The van der Waals surface area contributed by atoms with Gasteiger partial charge in [-0.3, -0.25) is 5.41 Å². The van der Waals surface area contributed by atoms with Gasteiger partial charge in [0, 0.05) is 28.2 Å². The van der Waals surface area contributed by atoms with Gasteiger partial charge in [-0.05, 0) is 0 Å². The van der Waals surface area contributed by atoms with Gasteiger partial charge < -0.3 is 5.11 Å². The molecule has 0 aromatic carbocycles. The van der Waals surface area contributed by atoms with Crippen LogP contribution in [0, 0.1) is 5.41 Å². The maximum atomic E-state index is 10.4. The van der Waals surface area contributed by atoms with Crippen molar-refractivity contribution in [3.63, 3.8) is 0 Å². The Bertz CT molecular complexity index is 182. The van der Waals surface area contributed by atoms with Crippen molar-refractivity contribution in [2.45, 2.75) is 0 Å². The first kappa shape index (κ1) is 10.9. The van der Waals surface area contributed by atoms with E-state index in [1.807, 2.05) is 0 Å². The molecular formula is C6H14N4O2. The van der Waals surface area contributed by atoms with E-state index >= 15 is 0 Å². The second-order valence-corrected chi connectivity index (χ2v) is 2.64. The number of amidine groups is 1. The molecule has 70 valence electrons. The van der Waals surface area contributed by atoms with Crippen molar-refractivity contribution >= 4 is 11.8 Å². The van der Waals surface area contributed by atoms with E-state index in [0.29, 0.717) is 0 Å². The van der Waals surface area contributed by atoms with Crippen LogP contribution >= 0.6 is 0 Å². The molecule has 0 radical (unpaired) electrons. The van der Waals surface area contributed by atoms with Crippen LogP contribution in [0.3, 0.4) is 0 Å². The fourth-order valence-electron chi connectivity index (χ4n) is 0.843. The molecule has 6 nitrogen and oxygen atoms in total. The lowest BCUT2D eigenvalue weighted by atomic mass is 10.6. The number of hydrazine groups is 2. The van der Waals surface area contributed by atoms with Crippen LogP contribution in [-0.4, -0.2) is 60.2 Å². The summed E-state index contributed by atoms with van der Waals surface area (Å²) < 4.78 is 0. The Hall–Kier alpha value is -1.14. The Morgan fingerprint density at radius 1 is 1.17 bits per heavy atom. The van der Waals surface area contributed by atoms with Crippen LogP contribution in [0.25, 0.3) is 0 Å². The number of nitrogens with zero attached hydrogens (tertiary/aromatic N) is 3. The van der Waals surface area contributed by atoms with E-state index in [1.165, 1.54) is 15.1 Å². The molecular weight excluding hydrogens is 160 g/mol. The minimum atomic E-state index is -1.25. The number of aliphatic carboxylic acids is 1. The Morgan fingerprint density at radius 2 is 1.50 bits per heavy atom. The third kappa shape index (κ3) is 2.48. The lowest BCUT2D eigenvalue weighted by Gasteiger charge is -2.33. The molecule has 0 saturated heterocycles. The monoisotopic (exact) mass is 174 g/mol. The van der Waals surface area contributed by atoms with E-state index in [0.717, 1.165) is 0 Å². The fourth-order valence-corrected chi connectivity index (χ4v) is 0.843. The molecule has 0 bridgehead atoms. The number of rotatable bonds is 2. The fraction of sp³-hybridized carbons (Fsp3) is 0.667. The summed E-state index contributed by atoms with van der Waals surface area (Å²) in [6.07, 6.45) is 0. The summed E-state index contributed by atoms with van der Waals surface area (Å²) in [5.41, 5.74) is 0. The van der Waals surface area contributed by atoms with Gasteiger partial charge in [0.25, 0.3) is 0 Å². The zero-order chi connectivity index (χ0) is 9.89. The predicted molar refractivity (Wildman–Crippen MR) is 44.6 cm³/mol. The molecule has 0 saturated carbocycles. The molecule has 0 unspecified atom stereocenters. The van der Waals surface area contributed by atoms with Gasteiger partial charge in [0.1, 0.15) is 0 Å². The highest BCUT2D eigenvalue weighted by molar-refractivity contribution is 6.32. The molecule has 0 aliphatic heterocycles. The molecule has 0 heterocycles. The van der Waals surface area contributed by atoms with Gasteiger partial charge in [0.05, 0.1) is 0 Å². The van der Waals surface area contributed by atoms with Crippen LogP contribution in [0.4, 0.5) is 0 Å². The van der Waals surface area contributed by atoms with E-state index in [4.69, 9.17) is 10.5 Å². The van der Waals surface area contributed by atoms with Gasteiger partial charge in [-0.15, -0.1) is 0 Å². The lowest BCUT2D eigenvalue weighted by Crippen LogP contribution is -2.52. The number of carbonyl (C=O) groups is 1. The first-order chi connectivity index (χ1) is 5.37. The molecule has 0 fully saturated rings. The van der Waals surface area contributed by atoms with Crippen molar-refractivity contribution in [1.82, 2.24) is 15.1 Å². The summed E-state index contributed by atoms with van der Waals surface area (Å²) in [6.45, 7) is 0. The first-order valence-electron chi connectivity index (χ1n) is 3.34. The van der Waals surface area contributed by atoms with Crippen LogP contribution in [0.2, 0.25) is 0 Å². The number of carboxylic acids is 1. The van der Waals surface area contributed by atoms with Gasteiger partial charge in [0.15, 0.2) is 0 Å². The molecule has 0 aliphatic rings. The zero-order valence-electron chi connectivity index (χ0n) is 7.70. The van der Waals surface area contributed by atoms with Crippen LogP contribution < -0.4 is 0 Å². The number of carboxylic acid groups (broad SMARTS) is 1. The minimum Gasteiger partial charge on any atom is -0.475 e. The summed E-state index contributed by atoms with van der Waals surface area (Å²) in [7, 11) is 6.66. The van der Waals surface area contributed by atoms with Gasteiger partial charge in [-0.25, -0.2) is 19.9 Å². The maximum Gasteiger partial charge on any atom is 0.374 e. The van der Waals surface area contributed by atoms with E-state index in [9.17, 15) is 4.79 Å². The summed E-state index contributed by atoms with van der Waals surface area (Å²) >= 11 is 0. The molecule has 6 heteroatoms. The lowest BCUT2D eigenvalue weighted by molar-refractivity contribution is -0.135. The van der Waals surface area contributed by atoms with Crippen molar-refractivity contribution in [3.8, 4) is 0 Å². The van der Waals surface area contributed by atoms with E-state index in [1.54, 1.807) is 28.2 Å². The largest absolute Gasteiger partial charge is 0.475 e. The highest BCUT2D eigenvalue weighted by atomic mass is 16.4. The van der Waals surface area contributed by atoms with Crippen LogP contribution in [-0.2, 0) is 4.79 Å². The number of hydrogen-bond acceptors (Lipinski definition) is 4. The van der Waals surface area contributed by atoms with Crippen molar-refractivity contribution < 1.29 is 9.90 Å². The van der Waals surface area contributed by atoms with E-state index < -0.39 is 11.8 Å². The molecule has 0 amide bonds. The number of hydrogen-bond donors (Lipinski definition) is 2. The van der Waals surface area contributed by atoms with Crippen LogP contribution in [0.5, 0.6) is 0 Å². The normalized spacial score (nSPS) is 10.5. The van der Waals surface area contributed by atoms with Gasteiger partial charge in [-0.1, -0.05) is 0 Å². The highest BCUT2D eigenvalue weighted by Gasteiger charge is 2.20. The molecule has 0 atom stereocenters. The Labute approximate surface area is 71.4 Å². The summed E-state index contributed by atoms with van der Waals surface area (Å²) in [4.78, 5) is 10.4. The summed E-state index contributed by atoms with van der Waals surface area (Å²) in [6, 6.07) is 0. The Morgan fingerprint density at radius 3 is 1.58 bits per heavy atom. The van der Waals surface area contributed by atoms with Crippen molar-refractivity contribution in [3.05, 3.63) is 0 Å². The maximum absolute atomic E-state index is 10.4. The second-order valence-electron chi connectivity index (χ2n) is 2.64. The van der Waals surface area contributed by atoms with Crippen LogP contribution in [0.15, 0.2) is 0 Å². The summed E-state index contributed by atoms with van der Waals surface area (Å²) in [5, 5.41) is 20.0. The Kier molecular flexibility index (Phi) is 3.65. The van der Waals surface area contributed by atoms with Gasteiger partial charge in [0.2, 0.25) is 5.84 Å². The van der Waals surface area contributed by atoms with Crippen molar-refractivity contribution in [2.75, 3.05) is 28.2 Å². The van der Waals surface area contributed by atoms with Crippen molar-refractivity contribution in [2.24, 2.45) is 0 Å². The smallest absolute Gasteiger partial charge is 0.374 e. The average Bonchev–Trinajstić information content (AvgIpc) is 1.85. The minimum absolute atomic E-state index is 0.481. The zero-order valence-corrected chi connectivity index (χ0v) is 7.70. The quantitative estimate of drug-likeness (QED) is 0.329. The van der Waals surface area contributed by atoms with E-state index in [-0.39, 0.29) is 0 Å². The van der Waals surface area contributed by atoms with Gasteiger partial charge in [-0.2, -0.15) is 0 Å². The molecule has 12 heavy (non-hydrogen) atoms. The predicted octanol–water partition coefficient (Wildman–Crippen LogP) is -0.697. The molecule has 0 aromatic heterocycles. The SMILES string of the molecule is CN(C)N(C(=N)C(=O)O)N(C)C. The van der Waals surface area contributed by atoms with Crippen molar-refractivity contribution in [1.29, 1.82) is 5.41 Å². The average molecular weight is 174 g/mol. The summed E-state index contributed by atoms with van der Waals surface area (Å²) in [5.74, 6) is -1.73. The molecule has 2 N–H and O–H groups in total. The molecule has 0 aromatic rings. The molecule has 0 aliphatic carbocycles. The number of nitrogens with one attached hydrogen (secondary N) is 1. The van der Waals surface area contributed by atoms with E-state index in [2.05, 4.69) is 0 Å². The molecule has 0 rings (SSSR count). The highest BCUT2D eigenvalue weighted by Crippen LogP contribution is 1.95. The van der Waals surface area contributed by atoms with Crippen LogP contribution in [0.1, 0.15) is 0 Å². The second kappa shape index (κ2) is 4.03. The molecule has 0 spiro atoms. The third-order valence-electron chi connectivity index (χ3n) is 1.16. The third-order valence-corrected chi connectivity index (χ3v) is 1.16. The Balaban J connectivity index is 4.52. The first-order valence-corrected chi connectivity index (χ1v) is 3.34. The van der Waals surface area contributed by atoms with Gasteiger partial charge >= 0.3 is 5.97 Å². The topological polar surface area (TPSA) is 70.9 Å². The standard InChI is InChI=1S/C6H14N4O2/c1-8(2)10(9(3)4)5(7)6(11)12/h7H,1-4H3,(H,11,12).